The van der Waals surface area contributed by atoms with Gasteiger partial charge in [-0.2, -0.15) is 5.10 Å². The number of H-pyrrole nitrogens is 1. The molecular formula is C24H21N5O2. The van der Waals surface area contributed by atoms with Crippen LogP contribution >= 0.6 is 0 Å². The number of nitrogens with one attached hydrogen (secondary N) is 1. The SMILES string of the molecule is COC(=O)c1ccc2[nH]c3c(c2c1)CN(c1nc2cc(C)nn2c2ccccc12)CC3. The minimum Gasteiger partial charge on any atom is -0.465 e. The van der Waals surface area contributed by atoms with Crippen molar-refractivity contribution in [2.75, 3.05) is 18.6 Å². The predicted octanol–water partition coefficient (Wildman–Crippen LogP) is 4.02. The molecule has 0 spiro atoms. The first-order valence-corrected chi connectivity index (χ1v) is 10.3. The first-order valence-electron chi connectivity index (χ1n) is 10.3. The van der Waals surface area contributed by atoms with Crippen LogP contribution in [0.1, 0.15) is 27.3 Å². The average Bonchev–Trinajstić information content (AvgIpc) is 3.36. The summed E-state index contributed by atoms with van der Waals surface area (Å²) < 4.78 is 6.82. The topological polar surface area (TPSA) is 75.5 Å². The van der Waals surface area contributed by atoms with E-state index in [1.165, 1.54) is 18.4 Å². The monoisotopic (exact) mass is 411 g/mol. The largest absolute Gasteiger partial charge is 0.465 e. The van der Waals surface area contributed by atoms with E-state index in [1.54, 1.807) is 6.07 Å². The van der Waals surface area contributed by atoms with Crippen molar-refractivity contribution in [3.63, 3.8) is 0 Å². The maximum absolute atomic E-state index is 12.0. The summed E-state index contributed by atoms with van der Waals surface area (Å²) in [5.74, 6) is 0.644. The fourth-order valence-corrected chi connectivity index (χ4v) is 4.64. The molecule has 0 aliphatic carbocycles. The van der Waals surface area contributed by atoms with Crippen molar-refractivity contribution >= 4 is 39.2 Å². The van der Waals surface area contributed by atoms with Gasteiger partial charge in [-0.25, -0.2) is 14.3 Å². The predicted molar refractivity (Wildman–Crippen MR) is 120 cm³/mol. The third-order valence-electron chi connectivity index (χ3n) is 6.10. The molecule has 0 saturated carbocycles. The number of fused-ring (bicyclic) bond motifs is 6. The van der Waals surface area contributed by atoms with Crippen LogP contribution in [0.25, 0.3) is 27.5 Å². The lowest BCUT2D eigenvalue weighted by molar-refractivity contribution is 0.0601. The molecular weight excluding hydrogens is 390 g/mol. The van der Waals surface area contributed by atoms with Gasteiger partial charge in [0.05, 0.1) is 23.9 Å². The van der Waals surface area contributed by atoms with Crippen LogP contribution in [0.4, 0.5) is 5.82 Å². The molecule has 5 aromatic rings. The number of esters is 1. The zero-order valence-corrected chi connectivity index (χ0v) is 17.3. The lowest BCUT2D eigenvalue weighted by atomic mass is 10.0. The number of aromatic amines is 1. The third kappa shape index (κ3) is 2.70. The lowest BCUT2D eigenvalue weighted by Crippen LogP contribution is -2.31. The molecule has 0 saturated heterocycles. The summed E-state index contributed by atoms with van der Waals surface area (Å²) in [4.78, 5) is 22.9. The van der Waals surface area contributed by atoms with E-state index < -0.39 is 0 Å². The highest BCUT2D eigenvalue weighted by molar-refractivity contribution is 5.97. The van der Waals surface area contributed by atoms with Gasteiger partial charge in [0.15, 0.2) is 5.65 Å². The molecule has 0 unspecified atom stereocenters. The summed E-state index contributed by atoms with van der Waals surface area (Å²) >= 11 is 0. The normalized spacial score (nSPS) is 13.8. The molecule has 1 aliphatic heterocycles. The Labute approximate surface area is 178 Å². The molecule has 2 aromatic carbocycles. The average molecular weight is 411 g/mol. The number of hydrogen-bond acceptors (Lipinski definition) is 5. The highest BCUT2D eigenvalue weighted by Crippen LogP contribution is 2.33. The number of aromatic nitrogens is 4. The van der Waals surface area contributed by atoms with E-state index in [0.29, 0.717) is 5.56 Å². The van der Waals surface area contributed by atoms with E-state index in [9.17, 15) is 4.79 Å². The van der Waals surface area contributed by atoms with Crippen molar-refractivity contribution in [3.8, 4) is 0 Å². The van der Waals surface area contributed by atoms with Gasteiger partial charge in [0, 0.05) is 53.1 Å². The van der Waals surface area contributed by atoms with Crippen molar-refractivity contribution in [1.29, 1.82) is 0 Å². The van der Waals surface area contributed by atoms with Gasteiger partial charge in [0.1, 0.15) is 5.82 Å². The smallest absolute Gasteiger partial charge is 0.337 e. The van der Waals surface area contributed by atoms with Gasteiger partial charge in [-0.1, -0.05) is 12.1 Å². The van der Waals surface area contributed by atoms with Crippen LogP contribution in [-0.4, -0.2) is 39.2 Å². The van der Waals surface area contributed by atoms with Crippen molar-refractivity contribution in [3.05, 3.63) is 71.0 Å². The molecule has 7 heteroatoms. The molecule has 1 N–H and O–H groups in total. The second-order valence-electron chi connectivity index (χ2n) is 8.01. The molecule has 0 amide bonds. The van der Waals surface area contributed by atoms with Crippen LogP contribution in [0, 0.1) is 6.92 Å². The van der Waals surface area contributed by atoms with Crippen molar-refractivity contribution in [2.45, 2.75) is 19.9 Å². The van der Waals surface area contributed by atoms with E-state index in [-0.39, 0.29) is 5.97 Å². The fourth-order valence-electron chi connectivity index (χ4n) is 4.64. The third-order valence-corrected chi connectivity index (χ3v) is 6.10. The summed E-state index contributed by atoms with van der Waals surface area (Å²) in [6.45, 7) is 3.57. The second-order valence-corrected chi connectivity index (χ2v) is 8.01. The Balaban J connectivity index is 1.50. The van der Waals surface area contributed by atoms with E-state index >= 15 is 0 Å². The molecule has 31 heavy (non-hydrogen) atoms. The molecule has 0 bridgehead atoms. The van der Waals surface area contributed by atoms with Gasteiger partial charge in [-0.15, -0.1) is 0 Å². The van der Waals surface area contributed by atoms with Crippen LogP contribution < -0.4 is 4.90 Å². The van der Waals surface area contributed by atoms with Crippen LogP contribution in [0.3, 0.4) is 0 Å². The van der Waals surface area contributed by atoms with Gasteiger partial charge < -0.3 is 14.6 Å². The molecule has 4 heterocycles. The number of hydrogen-bond donors (Lipinski definition) is 1. The summed E-state index contributed by atoms with van der Waals surface area (Å²) in [7, 11) is 1.41. The zero-order chi connectivity index (χ0) is 21.1. The van der Waals surface area contributed by atoms with Gasteiger partial charge in [0.25, 0.3) is 0 Å². The molecule has 0 fully saturated rings. The molecule has 7 nitrogen and oxygen atoms in total. The van der Waals surface area contributed by atoms with Gasteiger partial charge in [-0.05, 0) is 37.3 Å². The number of carbonyl (C=O) groups is 1. The molecule has 154 valence electrons. The quantitative estimate of drug-likeness (QED) is 0.444. The first kappa shape index (κ1) is 17.9. The fraction of sp³-hybridized carbons (Fsp3) is 0.208. The van der Waals surface area contributed by atoms with Gasteiger partial charge in [0.2, 0.25) is 0 Å². The zero-order valence-electron chi connectivity index (χ0n) is 17.3. The van der Waals surface area contributed by atoms with Crippen molar-refractivity contribution in [2.24, 2.45) is 0 Å². The molecule has 0 radical (unpaired) electrons. The summed E-state index contributed by atoms with van der Waals surface area (Å²) in [6, 6.07) is 16.0. The highest BCUT2D eigenvalue weighted by Gasteiger charge is 2.24. The maximum Gasteiger partial charge on any atom is 0.337 e. The number of rotatable bonds is 2. The molecule has 3 aromatic heterocycles. The van der Waals surface area contributed by atoms with E-state index in [0.717, 1.165) is 58.5 Å². The number of benzene rings is 2. The van der Waals surface area contributed by atoms with Crippen LogP contribution in [0.2, 0.25) is 0 Å². The number of carbonyl (C=O) groups excluding carboxylic acids is 1. The minimum absolute atomic E-state index is 0.321. The molecule has 1 aliphatic rings. The summed E-state index contributed by atoms with van der Waals surface area (Å²) in [5, 5.41) is 6.76. The maximum atomic E-state index is 12.0. The molecule has 0 atom stereocenters. The summed E-state index contributed by atoms with van der Waals surface area (Å²) in [5.41, 5.74) is 6.88. The van der Waals surface area contributed by atoms with Crippen molar-refractivity contribution in [1.82, 2.24) is 19.6 Å². The van der Waals surface area contributed by atoms with Gasteiger partial charge >= 0.3 is 5.97 Å². The number of aryl methyl sites for hydroxylation is 1. The Hall–Kier alpha value is -3.87. The number of methoxy groups -OCH3 is 1. The van der Waals surface area contributed by atoms with Gasteiger partial charge in [-0.3, -0.25) is 0 Å². The van der Waals surface area contributed by atoms with Crippen LogP contribution in [-0.2, 0) is 17.7 Å². The van der Waals surface area contributed by atoms with E-state index in [4.69, 9.17) is 9.72 Å². The number of ether oxygens (including phenoxy) is 1. The molecule has 6 rings (SSSR count). The number of anilines is 1. The highest BCUT2D eigenvalue weighted by atomic mass is 16.5. The van der Waals surface area contributed by atoms with E-state index in [2.05, 4.69) is 27.1 Å². The summed E-state index contributed by atoms with van der Waals surface area (Å²) in [6.07, 6.45) is 0.886. The van der Waals surface area contributed by atoms with Crippen molar-refractivity contribution < 1.29 is 9.53 Å². The first-order chi connectivity index (χ1) is 15.1. The number of para-hydroxylation sites is 1. The lowest BCUT2D eigenvalue weighted by Gasteiger charge is -2.29. The minimum atomic E-state index is -0.321. The van der Waals surface area contributed by atoms with E-state index in [1.807, 2.05) is 41.8 Å². The number of nitrogens with zero attached hydrogens (tertiary/aromatic N) is 4. The second kappa shape index (κ2) is 6.57. The Morgan fingerprint density at radius 1 is 1.13 bits per heavy atom. The standard InChI is InChI=1S/C24H21N5O2/c1-14-11-22-26-23(16-5-3-4-6-21(16)29(22)27-14)28-10-9-20-18(13-28)17-12-15(24(30)31-2)7-8-19(17)25-20/h3-8,11-12,25H,9-10,13H2,1-2H3. The van der Waals surface area contributed by atoms with Crippen LogP contribution in [0.5, 0.6) is 0 Å². The Morgan fingerprint density at radius 3 is 2.87 bits per heavy atom. The Morgan fingerprint density at radius 2 is 2.00 bits per heavy atom. The van der Waals surface area contributed by atoms with Crippen LogP contribution in [0.15, 0.2) is 48.5 Å². The Bertz CT molecular complexity index is 1500. The Kier molecular flexibility index (Phi) is 3.80.